The number of aliphatic hydroxyl groups is 1. The van der Waals surface area contributed by atoms with Crippen LogP contribution in [0.4, 0.5) is 0 Å². The minimum atomic E-state index is -0.432. The van der Waals surface area contributed by atoms with Gasteiger partial charge in [0.2, 0.25) is 5.91 Å². The Morgan fingerprint density at radius 2 is 2.14 bits per heavy atom. The maximum atomic E-state index is 11.1. The van der Waals surface area contributed by atoms with Crippen molar-refractivity contribution < 1.29 is 9.90 Å². The predicted molar refractivity (Wildman–Crippen MR) is 84.9 cm³/mol. The normalized spacial score (nSPS) is 21.4. The van der Waals surface area contributed by atoms with Gasteiger partial charge < -0.3 is 10.4 Å². The summed E-state index contributed by atoms with van der Waals surface area (Å²) in [6.45, 7) is 2.08. The number of aryl methyl sites for hydroxylation is 1. The maximum absolute atomic E-state index is 11.1. The minimum Gasteiger partial charge on any atom is -0.389 e. The Hall–Kier alpha value is -1.61. The summed E-state index contributed by atoms with van der Waals surface area (Å²) in [4.78, 5) is 11.1. The highest BCUT2D eigenvalue weighted by atomic mass is 16.3. The largest absolute Gasteiger partial charge is 0.389 e. The van der Waals surface area contributed by atoms with E-state index in [4.69, 9.17) is 0 Å². The summed E-state index contributed by atoms with van der Waals surface area (Å²) < 4.78 is 0. The molecule has 0 aliphatic carbocycles. The summed E-state index contributed by atoms with van der Waals surface area (Å²) in [5.74, 6) is 0.345. The number of carbonyl (C=O) groups is 1. The van der Waals surface area contributed by atoms with Crippen LogP contribution in [0.5, 0.6) is 0 Å². The van der Waals surface area contributed by atoms with Crippen LogP contribution in [0, 0.1) is 5.92 Å². The summed E-state index contributed by atoms with van der Waals surface area (Å²) >= 11 is 0. The first-order chi connectivity index (χ1) is 10.1. The highest BCUT2D eigenvalue weighted by Crippen LogP contribution is 2.16. The molecule has 3 heteroatoms. The van der Waals surface area contributed by atoms with Crippen LogP contribution in [0.3, 0.4) is 0 Å². The molecule has 1 aliphatic heterocycles. The zero-order valence-electron chi connectivity index (χ0n) is 12.7. The van der Waals surface area contributed by atoms with Gasteiger partial charge >= 0.3 is 0 Å². The third-order valence-electron chi connectivity index (χ3n) is 4.12. The van der Waals surface area contributed by atoms with Crippen molar-refractivity contribution in [3.63, 3.8) is 0 Å². The van der Waals surface area contributed by atoms with Crippen LogP contribution < -0.4 is 5.32 Å². The van der Waals surface area contributed by atoms with Crippen LogP contribution >= 0.6 is 0 Å². The molecule has 1 amide bonds. The summed E-state index contributed by atoms with van der Waals surface area (Å²) in [6, 6.07) is 10.5. The van der Waals surface area contributed by atoms with E-state index in [0.717, 1.165) is 25.7 Å². The number of carbonyl (C=O) groups excluding carboxylic acids is 1. The van der Waals surface area contributed by atoms with Crippen molar-refractivity contribution in [1.82, 2.24) is 5.32 Å². The van der Waals surface area contributed by atoms with Crippen LogP contribution in [-0.4, -0.2) is 23.2 Å². The monoisotopic (exact) mass is 287 g/mol. The van der Waals surface area contributed by atoms with Gasteiger partial charge in [-0.15, -0.1) is 0 Å². The molecule has 3 nitrogen and oxygen atoms in total. The van der Waals surface area contributed by atoms with Crippen LogP contribution in [-0.2, 0) is 11.2 Å². The quantitative estimate of drug-likeness (QED) is 0.758. The van der Waals surface area contributed by atoms with Crippen molar-refractivity contribution in [2.45, 2.75) is 51.2 Å². The van der Waals surface area contributed by atoms with Crippen LogP contribution in [0.1, 0.15) is 38.2 Å². The predicted octanol–water partition coefficient (Wildman–Crippen LogP) is 2.84. The lowest BCUT2D eigenvalue weighted by Gasteiger charge is -2.16. The van der Waals surface area contributed by atoms with E-state index in [0.29, 0.717) is 6.42 Å². The first-order valence-corrected chi connectivity index (χ1v) is 7.85. The maximum Gasteiger partial charge on any atom is 0.220 e. The fourth-order valence-corrected chi connectivity index (χ4v) is 2.66. The molecule has 21 heavy (non-hydrogen) atoms. The number of amides is 1. The van der Waals surface area contributed by atoms with E-state index in [1.54, 1.807) is 0 Å². The summed E-state index contributed by atoms with van der Waals surface area (Å²) in [5.41, 5.74) is 1.35. The second-order valence-electron chi connectivity index (χ2n) is 5.94. The molecule has 3 atom stereocenters. The van der Waals surface area contributed by atoms with Gasteiger partial charge in [-0.3, -0.25) is 4.79 Å². The lowest BCUT2D eigenvalue weighted by atomic mass is 9.95. The summed E-state index contributed by atoms with van der Waals surface area (Å²) in [7, 11) is 0. The number of nitrogens with one attached hydrogen (secondary N) is 1. The average Bonchev–Trinajstić information content (AvgIpc) is 2.91. The van der Waals surface area contributed by atoms with E-state index in [1.807, 2.05) is 18.2 Å². The van der Waals surface area contributed by atoms with Gasteiger partial charge in [-0.1, -0.05) is 49.4 Å². The van der Waals surface area contributed by atoms with E-state index in [1.165, 1.54) is 5.56 Å². The first kappa shape index (κ1) is 15.8. The van der Waals surface area contributed by atoms with Gasteiger partial charge in [-0.25, -0.2) is 0 Å². The number of benzene rings is 1. The van der Waals surface area contributed by atoms with Crippen molar-refractivity contribution in [2.24, 2.45) is 5.92 Å². The smallest absolute Gasteiger partial charge is 0.220 e. The fourth-order valence-electron chi connectivity index (χ4n) is 2.66. The second kappa shape index (κ2) is 7.99. The molecule has 2 N–H and O–H groups in total. The van der Waals surface area contributed by atoms with Gasteiger partial charge in [-0.05, 0) is 37.2 Å². The van der Waals surface area contributed by atoms with Crippen LogP contribution in [0.25, 0.3) is 0 Å². The van der Waals surface area contributed by atoms with E-state index < -0.39 is 6.10 Å². The molecule has 1 saturated heterocycles. The van der Waals surface area contributed by atoms with Gasteiger partial charge in [0, 0.05) is 12.5 Å². The van der Waals surface area contributed by atoms with Crippen molar-refractivity contribution in [3.05, 3.63) is 48.0 Å². The molecular formula is C18H25NO2. The molecule has 1 fully saturated rings. The highest BCUT2D eigenvalue weighted by Gasteiger charge is 2.18. The molecule has 1 aromatic rings. The lowest BCUT2D eigenvalue weighted by molar-refractivity contribution is -0.119. The molecule has 1 heterocycles. The van der Waals surface area contributed by atoms with E-state index in [-0.39, 0.29) is 17.9 Å². The number of hydrogen-bond donors (Lipinski definition) is 2. The topological polar surface area (TPSA) is 49.3 Å². The number of aliphatic hydroxyl groups excluding tert-OH is 1. The Kier molecular flexibility index (Phi) is 6.00. The average molecular weight is 287 g/mol. The molecule has 1 aromatic carbocycles. The Balaban J connectivity index is 1.68. The Bertz CT molecular complexity index is 469. The Labute approximate surface area is 127 Å². The summed E-state index contributed by atoms with van der Waals surface area (Å²) in [5, 5.41) is 13.0. The molecule has 0 spiro atoms. The van der Waals surface area contributed by atoms with Gasteiger partial charge in [0.25, 0.3) is 0 Å². The number of hydrogen-bond acceptors (Lipinski definition) is 2. The SMILES string of the molecule is CC(CCCc1ccccc1)[C@@H](O)/C=C/[C@H]1CCC(=O)N1. The molecule has 0 radical (unpaired) electrons. The van der Waals surface area contributed by atoms with Crippen LogP contribution in [0.2, 0.25) is 0 Å². The van der Waals surface area contributed by atoms with Crippen LogP contribution in [0.15, 0.2) is 42.5 Å². The highest BCUT2D eigenvalue weighted by molar-refractivity contribution is 5.78. The number of rotatable bonds is 7. The van der Waals surface area contributed by atoms with E-state index >= 15 is 0 Å². The molecule has 1 unspecified atom stereocenters. The van der Waals surface area contributed by atoms with E-state index in [2.05, 4.69) is 36.5 Å². The molecule has 2 rings (SSSR count). The standard InChI is InChI=1S/C18H25NO2/c1-14(6-5-9-15-7-3-2-4-8-15)17(20)12-10-16-11-13-18(21)19-16/h2-4,7-8,10,12,14,16-17,20H,5-6,9,11,13H2,1H3,(H,19,21)/b12-10+/t14?,16-,17-/m0/s1. The van der Waals surface area contributed by atoms with Gasteiger partial charge in [-0.2, -0.15) is 0 Å². The zero-order chi connectivity index (χ0) is 15.1. The molecule has 114 valence electrons. The molecule has 1 aliphatic rings. The molecular weight excluding hydrogens is 262 g/mol. The molecule has 0 bridgehead atoms. The lowest BCUT2D eigenvalue weighted by Crippen LogP contribution is -2.24. The third kappa shape index (κ3) is 5.35. The van der Waals surface area contributed by atoms with Gasteiger partial charge in [0.05, 0.1) is 6.10 Å². The molecule has 0 aromatic heterocycles. The Morgan fingerprint density at radius 3 is 2.81 bits per heavy atom. The van der Waals surface area contributed by atoms with Gasteiger partial charge in [0.1, 0.15) is 0 Å². The first-order valence-electron chi connectivity index (χ1n) is 7.85. The van der Waals surface area contributed by atoms with Crippen molar-refractivity contribution in [1.29, 1.82) is 0 Å². The third-order valence-corrected chi connectivity index (χ3v) is 4.12. The molecule has 0 saturated carbocycles. The van der Waals surface area contributed by atoms with E-state index in [9.17, 15) is 9.90 Å². The van der Waals surface area contributed by atoms with Crippen molar-refractivity contribution in [3.8, 4) is 0 Å². The minimum absolute atomic E-state index is 0.101. The fraction of sp³-hybridized carbons (Fsp3) is 0.500. The van der Waals surface area contributed by atoms with Crippen molar-refractivity contribution in [2.75, 3.05) is 0 Å². The van der Waals surface area contributed by atoms with Gasteiger partial charge in [0.15, 0.2) is 0 Å². The summed E-state index contributed by atoms with van der Waals surface area (Å²) in [6.07, 6.45) is 7.90. The Morgan fingerprint density at radius 1 is 1.38 bits per heavy atom. The zero-order valence-corrected chi connectivity index (χ0v) is 12.7. The van der Waals surface area contributed by atoms with Crippen molar-refractivity contribution >= 4 is 5.91 Å². The second-order valence-corrected chi connectivity index (χ2v) is 5.94.